The minimum Gasteiger partial charge on any atom is -0.394 e. The van der Waals surface area contributed by atoms with Crippen LogP contribution in [0.3, 0.4) is 0 Å². The molecule has 0 saturated carbocycles. The van der Waals surface area contributed by atoms with Crippen LogP contribution in [0, 0.1) is 0 Å². The van der Waals surface area contributed by atoms with E-state index in [9.17, 15) is 45.6 Å². The van der Waals surface area contributed by atoms with Gasteiger partial charge in [0.25, 0.3) is 0 Å². The monoisotopic (exact) mass is 1310 g/mol. The number of hydrogen-bond donors (Lipinski definition) is 9. The van der Waals surface area contributed by atoms with Crippen LogP contribution in [0.5, 0.6) is 0 Å². The van der Waals surface area contributed by atoms with Gasteiger partial charge in [-0.05, 0) is 64.2 Å². The fraction of sp³-hybridized carbons (Fsp3) is 0.835. The van der Waals surface area contributed by atoms with E-state index in [2.05, 4.69) is 79.9 Å². The first-order valence-electron chi connectivity index (χ1n) is 38.7. The molecule has 0 spiro atoms. The normalized spacial score (nSPS) is 22.9. The predicted molar refractivity (Wildman–Crippen MR) is 383 cm³/mol. The van der Waals surface area contributed by atoms with E-state index in [0.717, 1.165) is 77.0 Å². The van der Waals surface area contributed by atoms with Crippen molar-refractivity contribution in [3.63, 3.8) is 0 Å². The Hall–Kier alpha value is -2.57. The molecule has 12 atom stereocenters. The lowest BCUT2D eigenvalue weighted by atomic mass is 9.97. The first kappa shape index (κ1) is 86.5. The van der Waals surface area contributed by atoms with Gasteiger partial charge in [0.05, 0.1) is 32.0 Å². The minimum absolute atomic E-state index is 0.239. The van der Waals surface area contributed by atoms with E-state index in [1.165, 1.54) is 225 Å². The summed E-state index contributed by atoms with van der Waals surface area (Å²) in [5.41, 5.74) is 0. The van der Waals surface area contributed by atoms with Gasteiger partial charge in [-0.15, -0.1) is 0 Å². The van der Waals surface area contributed by atoms with Gasteiger partial charge in [0.1, 0.15) is 48.8 Å². The molecular formula is C79H143NO13. The summed E-state index contributed by atoms with van der Waals surface area (Å²) >= 11 is 0. The molecule has 93 heavy (non-hydrogen) atoms. The van der Waals surface area contributed by atoms with Gasteiger partial charge in [-0.3, -0.25) is 4.79 Å². The van der Waals surface area contributed by atoms with Gasteiger partial charge >= 0.3 is 0 Å². The number of allylic oxidation sites excluding steroid dienone is 11. The highest BCUT2D eigenvalue weighted by molar-refractivity contribution is 5.76. The number of carbonyl (C=O) groups is 1. The zero-order chi connectivity index (χ0) is 67.3. The second-order valence-corrected chi connectivity index (χ2v) is 27.1. The van der Waals surface area contributed by atoms with Crippen LogP contribution in [0.15, 0.2) is 72.9 Å². The number of ether oxygens (including phenoxy) is 4. The zero-order valence-electron chi connectivity index (χ0n) is 59.2. The fourth-order valence-electron chi connectivity index (χ4n) is 12.6. The second kappa shape index (κ2) is 62.9. The average Bonchev–Trinajstić information content (AvgIpc) is 0.854. The van der Waals surface area contributed by atoms with E-state index in [-0.39, 0.29) is 18.9 Å². The van der Waals surface area contributed by atoms with E-state index in [4.69, 9.17) is 18.9 Å². The lowest BCUT2D eigenvalue weighted by Gasteiger charge is -2.46. The number of rotatable bonds is 64. The topological polar surface area (TPSA) is 228 Å². The second-order valence-electron chi connectivity index (χ2n) is 27.1. The molecule has 0 bridgehead atoms. The Morgan fingerprint density at radius 2 is 0.742 bits per heavy atom. The summed E-state index contributed by atoms with van der Waals surface area (Å²) in [6, 6.07) is -0.921. The van der Waals surface area contributed by atoms with Crippen LogP contribution >= 0.6 is 0 Å². The largest absolute Gasteiger partial charge is 0.394 e. The number of carbonyl (C=O) groups excluding carboxylic acids is 1. The molecule has 12 unspecified atom stereocenters. The maximum atomic E-state index is 13.4. The third-order valence-corrected chi connectivity index (χ3v) is 18.6. The first-order valence-corrected chi connectivity index (χ1v) is 38.7. The summed E-state index contributed by atoms with van der Waals surface area (Å²) in [5.74, 6) is -0.239. The van der Waals surface area contributed by atoms with Crippen LogP contribution in [0.25, 0.3) is 0 Å². The van der Waals surface area contributed by atoms with E-state index in [1.54, 1.807) is 6.08 Å². The SMILES string of the molecule is CC/C=C\C/C=C\C/C=C\C/C=C\C/C=C\CCCCCCCCCCCCCCCC(=O)NC(COC1OC(CO)C(OC2OC(CO)C(O)C(O)C2O)C(O)C1O)C(O)/C=C/CCCCCCCCCCCCCCCCCCCCCCCCCCCCCC. The highest BCUT2D eigenvalue weighted by Crippen LogP contribution is 2.30. The molecule has 0 aromatic heterocycles. The third kappa shape index (κ3) is 46.4. The molecule has 2 rings (SSSR count). The van der Waals surface area contributed by atoms with Crippen molar-refractivity contribution in [2.75, 3.05) is 19.8 Å². The molecule has 542 valence electrons. The number of unbranched alkanes of at least 4 members (excludes halogenated alkanes) is 41. The van der Waals surface area contributed by atoms with Crippen LogP contribution < -0.4 is 5.32 Å². The zero-order valence-corrected chi connectivity index (χ0v) is 59.2. The van der Waals surface area contributed by atoms with Gasteiger partial charge in [-0.25, -0.2) is 0 Å². The number of hydrogen-bond acceptors (Lipinski definition) is 13. The summed E-state index contributed by atoms with van der Waals surface area (Å²) < 4.78 is 22.9. The molecule has 0 aromatic rings. The van der Waals surface area contributed by atoms with E-state index in [1.807, 2.05) is 6.08 Å². The fourth-order valence-corrected chi connectivity index (χ4v) is 12.6. The van der Waals surface area contributed by atoms with Gasteiger partial charge < -0.3 is 65.1 Å². The van der Waals surface area contributed by atoms with Crippen molar-refractivity contribution in [2.45, 2.75) is 402 Å². The Labute approximate surface area is 568 Å². The summed E-state index contributed by atoms with van der Waals surface area (Å²) in [7, 11) is 0. The molecule has 0 aromatic carbocycles. The van der Waals surface area contributed by atoms with Crippen LogP contribution in [-0.2, 0) is 23.7 Å². The quantitative estimate of drug-likeness (QED) is 0.0204. The minimum atomic E-state index is -1.79. The highest BCUT2D eigenvalue weighted by Gasteiger charge is 2.51. The van der Waals surface area contributed by atoms with Crippen molar-refractivity contribution in [1.29, 1.82) is 0 Å². The molecule has 2 heterocycles. The van der Waals surface area contributed by atoms with Crippen LogP contribution in [0.2, 0.25) is 0 Å². The van der Waals surface area contributed by atoms with Crippen LogP contribution in [-0.4, -0.2) is 140 Å². The molecule has 0 aliphatic carbocycles. The van der Waals surface area contributed by atoms with Crippen molar-refractivity contribution < 1.29 is 64.6 Å². The summed E-state index contributed by atoms with van der Waals surface area (Å²) in [6.45, 7) is 2.73. The molecule has 14 nitrogen and oxygen atoms in total. The predicted octanol–water partition coefficient (Wildman–Crippen LogP) is 17.0. The Morgan fingerprint density at radius 3 is 1.14 bits per heavy atom. The van der Waals surface area contributed by atoms with E-state index >= 15 is 0 Å². The Bertz CT molecular complexity index is 1840. The van der Waals surface area contributed by atoms with Crippen molar-refractivity contribution in [1.82, 2.24) is 5.32 Å². The lowest BCUT2D eigenvalue weighted by Crippen LogP contribution is -2.65. The van der Waals surface area contributed by atoms with E-state index < -0.39 is 86.8 Å². The number of aliphatic hydroxyl groups excluding tert-OH is 8. The molecule has 2 aliphatic heterocycles. The lowest BCUT2D eigenvalue weighted by molar-refractivity contribution is -0.359. The standard InChI is InChI=1S/C79H143NO13/c1-3-5-7-9-11-13-15-17-19-21-23-25-27-29-31-33-35-36-38-40-42-44-46-48-50-52-54-56-58-60-62-68(83)67(66-90-78-76(89)74(87)77(70(65-82)92-78)93-79-75(88)73(86)72(85)69(64-81)91-79)80-71(84)63-61-59-57-55-53-51-49-47-45-43-41-39-37-34-32-30-28-26-24-22-20-18-16-14-12-10-8-6-4-2/h6,8,12,14,18,20,24,26,30,32,60,62,67-70,72-79,81-83,85-89H,3-5,7,9-11,13,15-17,19,21-23,25,27-29,31,33-59,61,63-66H2,1-2H3,(H,80,84)/b8-6-,14-12-,20-18-,26-24-,32-30-,62-60+. The average molecular weight is 1320 g/mol. The molecular weight excluding hydrogens is 1170 g/mol. The molecule has 2 aliphatic rings. The number of nitrogens with one attached hydrogen (secondary N) is 1. The Kier molecular flexibility index (Phi) is 58.5. The van der Waals surface area contributed by atoms with Gasteiger partial charge in [0.15, 0.2) is 12.6 Å². The van der Waals surface area contributed by atoms with Gasteiger partial charge in [0.2, 0.25) is 5.91 Å². The maximum absolute atomic E-state index is 13.4. The van der Waals surface area contributed by atoms with Gasteiger partial charge in [-0.1, -0.05) is 331 Å². The molecule has 0 radical (unpaired) electrons. The van der Waals surface area contributed by atoms with Crippen molar-refractivity contribution in [3.8, 4) is 0 Å². The van der Waals surface area contributed by atoms with Crippen LogP contribution in [0.4, 0.5) is 0 Å². The van der Waals surface area contributed by atoms with Gasteiger partial charge in [0, 0.05) is 6.42 Å². The number of amides is 1. The summed E-state index contributed by atoms with van der Waals surface area (Å²) in [4.78, 5) is 13.4. The third-order valence-electron chi connectivity index (χ3n) is 18.6. The Balaban J connectivity index is 1.64. The van der Waals surface area contributed by atoms with Crippen molar-refractivity contribution >= 4 is 5.91 Å². The smallest absolute Gasteiger partial charge is 0.220 e. The molecule has 2 saturated heterocycles. The molecule has 2 fully saturated rings. The van der Waals surface area contributed by atoms with Gasteiger partial charge in [-0.2, -0.15) is 0 Å². The highest BCUT2D eigenvalue weighted by atomic mass is 16.7. The molecule has 1 amide bonds. The van der Waals surface area contributed by atoms with Crippen LogP contribution in [0.1, 0.15) is 328 Å². The summed E-state index contributed by atoms with van der Waals surface area (Å²) in [6.07, 6.45) is 69.7. The maximum Gasteiger partial charge on any atom is 0.220 e. The Morgan fingerprint density at radius 1 is 0.398 bits per heavy atom. The summed E-state index contributed by atoms with van der Waals surface area (Å²) in [5, 5.41) is 87.6. The van der Waals surface area contributed by atoms with Crippen molar-refractivity contribution in [3.05, 3.63) is 72.9 Å². The molecule has 9 N–H and O–H groups in total. The first-order chi connectivity index (χ1) is 45.6. The van der Waals surface area contributed by atoms with E-state index in [0.29, 0.717) is 6.42 Å². The van der Waals surface area contributed by atoms with Crippen molar-refractivity contribution in [2.24, 2.45) is 0 Å². The molecule has 14 heteroatoms. The number of aliphatic hydroxyl groups is 8.